The molecule has 0 N–H and O–H groups in total. The first kappa shape index (κ1) is 52.2. The Balaban J connectivity index is 2.40. The summed E-state index contributed by atoms with van der Waals surface area (Å²) in [4.78, 5) is 27.1. The van der Waals surface area contributed by atoms with Gasteiger partial charge >= 0.3 is 11.9 Å². The van der Waals surface area contributed by atoms with Crippen molar-refractivity contribution in [3.05, 3.63) is 35.4 Å². The third kappa shape index (κ3) is 30.3. The molecule has 56 heavy (non-hydrogen) atoms. The van der Waals surface area contributed by atoms with Crippen molar-refractivity contribution in [2.45, 2.75) is 284 Å². The molecule has 0 aliphatic rings. The summed E-state index contributed by atoms with van der Waals surface area (Å²) in [7, 11) is 0. The molecule has 0 aromatic heterocycles. The van der Waals surface area contributed by atoms with Gasteiger partial charge in [0.05, 0.1) is 11.1 Å². The third-order valence-electron chi connectivity index (χ3n) is 11.9. The van der Waals surface area contributed by atoms with Gasteiger partial charge < -0.3 is 9.47 Å². The SMILES string of the molecule is CCCCCCCCCCCCCCCCCC(CCCC)OC(=O)c1ccccc1C(=O)OC(CCCC)CCCCCCCCCCCCCCCCC. The van der Waals surface area contributed by atoms with Crippen LogP contribution in [0.1, 0.15) is 292 Å². The summed E-state index contributed by atoms with van der Waals surface area (Å²) in [6, 6.07) is 7.12. The highest BCUT2D eigenvalue weighted by atomic mass is 16.5. The highest BCUT2D eigenvalue weighted by Gasteiger charge is 2.24. The number of esters is 2. The number of carbonyl (C=O) groups excluding carboxylic acids is 2. The molecule has 1 rings (SSSR count). The van der Waals surface area contributed by atoms with E-state index in [1.807, 2.05) is 12.1 Å². The highest BCUT2D eigenvalue weighted by molar-refractivity contribution is 6.03. The maximum Gasteiger partial charge on any atom is 0.339 e. The molecule has 4 nitrogen and oxygen atoms in total. The molecule has 0 saturated heterocycles. The Morgan fingerprint density at radius 1 is 0.339 bits per heavy atom. The lowest BCUT2D eigenvalue weighted by Gasteiger charge is -2.20. The summed E-state index contributed by atoms with van der Waals surface area (Å²) in [6.07, 6.45) is 48.0. The van der Waals surface area contributed by atoms with Crippen molar-refractivity contribution in [2.24, 2.45) is 0 Å². The van der Waals surface area contributed by atoms with Crippen LogP contribution >= 0.6 is 0 Å². The van der Waals surface area contributed by atoms with Gasteiger partial charge in [-0.3, -0.25) is 0 Å². The fourth-order valence-corrected chi connectivity index (χ4v) is 8.14. The van der Waals surface area contributed by atoms with E-state index in [1.54, 1.807) is 12.1 Å². The van der Waals surface area contributed by atoms with Crippen LogP contribution in [0.5, 0.6) is 0 Å². The first-order chi connectivity index (χ1) is 27.6. The third-order valence-corrected chi connectivity index (χ3v) is 11.9. The van der Waals surface area contributed by atoms with Gasteiger partial charge in [-0.2, -0.15) is 0 Å². The molecule has 1 aromatic rings. The number of hydrogen-bond acceptors (Lipinski definition) is 4. The number of ether oxygens (including phenoxy) is 2. The molecule has 0 spiro atoms. The Kier molecular flexibility index (Phi) is 37.2. The molecule has 326 valence electrons. The van der Waals surface area contributed by atoms with Gasteiger partial charge in [0.15, 0.2) is 0 Å². The van der Waals surface area contributed by atoms with Crippen LogP contribution in [0.2, 0.25) is 0 Å². The normalized spacial score (nSPS) is 12.5. The molecule has 0 saturated carbocycles. The average Bonchev–Trinajstić information content (AvgIpc) is 3.21. The lowest BCUT2D eigenvalue weighted by Crippen LogP contribution is -2.23. The molecule has 0 aliphatic carbocycles. The summed E-state index contributed by atoms with van der Waals surface area (Å²) < 4.78 is 12.3. The number of hydrogen-bond donors (Lipinski definition) is 0. The van der Waals surface area contributed by atoms with Gasteiger partial charge in [0.25, 0.3) is 0 Å². The predicted molar refractivity (Wildman–Crippen MR) is 243 cm³/mol. The van der Waals surface area contributed by atoms with E-state index in [0.29, 0.717) is 11.1 Å². The van der Waals surface area contributed by atoms with Crippen LogP contribution in [0, 0.1) is 0 Å². The van der Waals surface area contributed by atoms with E-state index in [4.69, 9.17) is 9.47 Å². The van der Waals surface area contributed by atoms with Crippen LogP contribution in [0.3, 0.4) is 0 Å². The summed E-state index contributed by atoms with van der Waals surface area (Å²) >= 11 is 0. The van der Waals surface area contributed by atoms with E-state index in [2.05, 4.69) is 27.7 Å². The Labute approximate surface area is 349 Å². The predicted octanol–water partition coefficient (Wildman–Crippen LogP) is 17.6. The van der Waals surface area contributed by atoms with E-state index in [9.17, 15) is 9.59 Å². The van der Waals surface area contributed by atoms with Gasteiger partial charge in [-0.1, -0.05) is 245 Å². The average molecular weight is 783 g/mol. The highest BCUT2D eigenvalue weighted by Crippen LogP contribution is 2.22. The second-order valence-electron chi connectivity index (χ2n) is 17.4. The molecule has 2 atom stereocenters. The Morgan fingerprint density at radius 3 is 0.804 bits per heavy atom. The minimum absolute atomic E-state index is 0.101. The molecule has 2 unspecified atom stereocenters. The van der Waals surface area contributed by atoms with Crippen LogP contribution in [-0.4, -0.2) is 24.1 Å². The number of benzene rings is 1. The number of unbranched alkanes of at least 4 members (excludes halogenated alkanes) is 30. The summed E-state index contributed by atoms with van der Waals surface area (Å²) in [5, 5.41) is 0. The molecular weight excluding hydrogens is 689 g/mol. The fraction of sp³-hybridized carbons (Fsp3) is 0.846. The van der Waals surface area contributed by atoms with E-state index >= 15 is 0 Å². The monoisotopic (exact) mass is 783 g/mol. The molecule has 0 aliphatic heterocycles. The Morgan fingerprint density at radius 2 is 0.554 bits per heavy atom. The molecule has 0 bridgehead atoms. The van der Waals surface area contributed by atoms with Crippen molar-refractivity contribution in [1.82, 2.24) is 0 Å². The molecule has 0 fully saturated rings. The zero-order chi connectivity index (χ0) is 40.6. The second kappa shape index (κ2) is 40.0. The van der Waals surface area contributed by atoms with Crippen LogP contribution in [0.4, 0.5) is 0 Å². The standard InChI is InChI=1S/C52H94O4/c1-5-9-13-15-17-19-21-23-25-27-29-31-33-35-37-43-47(41-11-7-3)55-51(53)49-45-39-40-46-50(49)52(54)56-48(42-12-8-4)44-38-36-34-32-30-28-26-24-22-20-18-16-14-10-6-2/h39-40,45-48H,5-38,41-44H2,1-4H3. The van der Waals surface area contributed by atoms with Crippen LogP contribution in [0.15, 0.2) is 24.3 Å². The number of rotatable bonds is 42. The molecule has 0 heterocycles. The summed E-state index contributed by atoms with van der Waals surface area (Å²) in [6.45, 7) is 8.95. The van der Waals surface area contributed by atoms with E-state index in [1.165, 1.54) is 180 Å². The first-order valence-electron chi connectivity index (χ1n) is 25.1. The maximum absolute atomic E-state index is 13.6. The zero-order valence-electron chi connectivity index (χ0n) is 38.0. The lowest BCUT2D eigenvalue weighted by molar-refractivity contribution is 0.0202. The van der Waals surface area contributed by atoms with Gasteiger partial charge in [0.2, 0.25) is 0 Å². The minimum atomic E-state index is -0.382. The van der Waals surface area contributed by atoms with Crippen molar-refractivity contribution in [2.75, 3.05) is 0 Å². The van der Waals surface area contributed by atoms with Gasteiger partial charge in [-0.25, -0.2) is 9.59 Å². The maximum atomic E-state index is 13.6. The van der Waals surface area contributed by atoms with Crippen molar-refractivity contribution in [1.29, 1.82) is 0 Å². The molecule has 0 amide bonds. The zero-order valence-corrected chi connectivity index (χ0v) is 38.0. The van der Waals surface area contributed by atoms with Crippen molar-refractivity contribution in [3.8, 4) is 0 Å². The smallest absolute Gasteiger partial charge is 0.339 e. The van der Waals surface area contributed by atoms with E-state index in [0.717, 1.165) is 64.2 Å². The lowest BCUT2D eigenvalue weighted by atomic mass is 10.0. The van der Waals surface area contributed by atoms with E-state index in [-0.39, 0.29) is 24.1 Å². The van der Waals surface area contributed by atoms with Crippen molar-refractivity contribution < 1.29 is 19.1 Å². The topological polar surface area (TPSA) is 52.6 Å². The molecular formula is C52H94O4. The molecule has 4 heteroatoms. The van der Waals surface area contributed by atoms with Gasteiger partial charge in [0, 0.05) is 0 Å². The minimum Gasteiger partial charge on any atom is -0.459 e. The molecule has 1 aromatic carbocycles. The summed E-state index contributed by atoms with van der Waals surface area (Å²) in [5.41, 5.74) is 0.688. The van der Waals surface area contributed by atoms with Crippen LogP contribution < -0.4 is 0 Å². The quantitative estimate of drug-likeness (QED) is 0.0490. The van der Waals surface area contributed by atoms with Crippen LogP contribution in [0.25, 0.3) is 0 Å². The molecule has 0 radical (unpaired) electrons. The number of carbonyl (C=O) groups is 2. The van der Waals surface area contributed by atoms with Gasteiger partial charge in [0.1, 0.15) is 12.2 Å². The van der Waals surface area contributed by atoms with Gasteiger partial charge in [-0.15, -0.1) is 0 Å². The Hall–Kier alpha value is -1.84. The van der Waals surface area contributed by atoms with Crippen molar-refractivity contribution in [3.63, 3.8) is 0 Å². The van der Waals surface area contributed by atoms with Crippen LogP contribution in [-0.2, 0) is 9.47 Å². The summed E-state index contributed by atoms with van der Waals surface area (Å²) in [5.74, 6) is -0.765. The first-order valence-corrected chi connectivity index (χ1v) is 25.1. The van der Waals surface area contributed by atoms with E-state index < -0.39 is 0 Å². The second-order valence-corrected chi connectivity index (χ2v) is 17.4. The van der Waals surface area contributed by atoms with Crippen molar-refractivity contribution >= 4 is 11.9 Å². The Bertz CT molecular complexity index is 925. The largest absolute Gasteiger partial charge is 0.459 e. The fourth-order valence-electron chi connectivity index (χ4n) is 8.14. The van der Waals surface area contributed by atoms with Gasteiger partial charge in [-0.05, 0) is 50.7 Å².